The molecule has 0 saturated heterocycles. The van der Waals surface area contributed by atoms with E-state index in [1.165, 1.54) is 24.3 Å². The van der Waals surface area contributed by atoms with Crippen LogP contribution in [0.5, 0.6) is 0 Å². The van der Waals surface area contributed by atoms with Crippen molar-refractivity contribution >= 4 is 50.8 Å². The molecule has 0 fully saturated rings. The zero-order valence-electron chi connectivity index (χ0n) is 29.4. The zero-order chi connectivity index (χ0) is 38.4. The van der Waals surface area contributed by atoms with Crippen molar-refractivity contribution in [2.45, 2.75) is 16.9 Å². The smallest absolute Gasteiger partial charge is 0.206 e. The van der Waals surface area contributed by atoms with Crippen molar-refractivity contribution in [2.75, 3.05) is 5.32 Å². The maximum absolute atomic E-state index is 14.5. The van der Waals surface area contributed by atoms with Gasteiger partial charge in [-0.15, -0.1) is 0 Å². The molecule has 274 valence electrons. The van der Waals surface area contributed by atoms with Gasteiger partial charge >= 0.3 is 0 Å². The van der Waals surface area contributed by atoms with Crippen molar-refractivity contribution in [3.05, 3.63) is 202 Å². The minimum atomic E-state index is -4.09. The Morgan fingerprint density at radius 3 is 1.53 bits per heavy atom. The fourth-order valence-electron chi connectivity index (χ4n) is 6.48. The number of amidine groups is 2. The average molecular weight is 748 g/mol. The molecule has 1 aliphatic heterocycles. The maximum atomic E-state index is 14.5. The van der Waals surface area contributed by atoms with Gasteiger partial charge in [0.2, 0.25) is 9.84 Å². The van der Waals surface area contributed by atoms with Gasteiger partial charge < -0.3 is 31.9 Å². The van der Waals surface area contributed by atoms with Gasteiger partial charge in [-0.05, 0) is 71.8 Å². The molecule has 0 saturated carbocycles. The number of rotatable bonds is 11. The van der Waals surface area contributed by atoms with Gasteiger partial charge in [0, 0.05) is 45.6 Å². The summed E-state index contributed by atoms with van der Waals surface area (Å²) < 4.78 is 36.0. The largest absolute Gasteiger partial charge is 0.476 e. The lowest BCUT2D eigenvalue weighted by Crippen LogP contribution is -2.27. The molecule has 6 aromatic carbocycles. The number of nitrogens with zero attached hydrogens (tertiary/aromatic N) is 2. The predicted molar refractivity (Wildman–Crippen MR) is 216 cm³/mol. The number of ether oxygens (including phenoxy) is 1. The van der Waals surface area contributed by atoms with E-state index >= 15 is 0 Å². The molecule has 0 radical (unpaired) electrons. The molecule has 7 rings (SSSR count). The van der Waals surface area contributed by atoms with Crippen LogP contribution in [0.3, 0.4) is 0 Å². The van der Waals surface area contributed by atoms with E-state index in [1.54, 1.807) is 12.1 Å². The molecule has 7 N–H and O–H groups in total. The Morgan fingerprint density at radius 1 is 0.618 bits per heavy atom. The van der Waals surface area contributed by atoms with Crippen LogP contribution in [0.2, 0.25) is 0 Å². The molecular weight excluding hydrogens is 711 g/mol. The van der Waals surface area contributed by atoms with Crippen LogP contribution in [-0.4, -0.2) is 30.5 Å². The maximum Gasteiger partial charge on any atom is 0.206 e. The number of anilines is 2. The summed E-state index contributed by atoms with van der Waals surface area (Å²) in [5, 5.41) is 27.5. The number of hydrogen-bond donors (Lipinski definition) is 5. The van der Waals surface area contributed by atoms with Crippen LogP contribution in [0.1, 0.15) is 45.4 Å². The fourth-order valence-corrected chi connectivity index (χ4v) is 8.06. The van der Waals surface area contributed by atoms with E-state index in [0.717, 1.165) is 33.6 Å². The van der Waals surface area contributed by atoms with Crippen molar-refractivity contribution in [2.24, 2.45) is 21.8 Å². The predicted octanol–water partition coefficient (Wildman–Crippen LogP) is 8.30. The normalized spacial score (nSPS) is 14.5. The Hall–Kier alpha value is -7.11. The van der Waals surface area contributed by atoms with Crippen LogP contribution in [0.15, 0.2) is 178 Å². The lowest BCUT2D eigenvalue weighted by atomic mass is 9.84. The van der Waals surface area contributed by atoms with E-state index in [1.807, 2.05) is 133 Å². The highest BCUT2D eigenvalue weighted by Crippen LogP contribution is 2.52. The van der Waals surface area contributed by atoms with Gasteiger partial charge in [0.05, 0.1) is 9.80 Å². The highest BCUT2D eigenvalue weighted by Gasteiger charge is 2.48. The number of sulfone groups is 1. The summed E-state index contributed by atoms with van der Waals surface area (Å²) in [6, 6.07) is 48.0. The van der Waals surface area contributed by atoms with Crippen LogP contribution < -0.4 is 16.8 Å². The Morgan fingerprint density at radius 2 is 1.05 bits per heavy atom. The van der Waals surface area contributed by atoms with Crippen molar-refractivity contribution in [3.8, 4) is 0 Å². The number of nitrogens with one attached hydrogen (secondary N) is 1. The summed E-state index contributed by atoms with van der Waals surface area (Å²) in [5.74, 6) is 0.196. The summed E-state index contributed by atoms with van der Waals surface area (Å²) >= 11 is 0. The summed E-state index contributed by atoms with van der Waals surface area (Å²) in [6.07, 6.45) is 4.03. The first-order valence-electron chi connectivity index (χ1n) is 17.3. The lowest BCUT2D eigenvalue weighted by Gasteiger charge is -2.31. The third-order valence-electron chi connectivity index (χ3n) is 9.44. The summed E-state index contributed by atoms with van der Waals surface area (Å²) in [4.78, 5) is 0.197. The summed E-state index contributed by atoms with van der Waals surface area (Å²) in [6.45, 7) is 0. The molecule has 0 bridgehead atoms. The van der Waals surface area contributed by atoms with Gasteiger partial charge in [0.1, 0.15) is 5.76 Å². The average Bonchev–Trinajstić information content (AvgIpc) is 3.67. The molecule has 0 spiro atoms. The number of hydrogen-bond acceptors (Lipinski definition) is 8. The molecule has 0 unspecified atom stereocenters. The second kappa shape index (κ2) is 15.5. The second-order valence-electron chi connectivity index (χ2n) is 12.9. The highest BCUT2D eigenvalue weighted by atomic mass is 32.2. The molecule has 0 amide bonds. The molecule has 1 aliphatic rings. The molecule has 1 heterocycles. The lowest BCUT2D eigenvalue weighted by molar-refractivity contribution is 0.101. The standard InChI is InChI=1S/C44H37N5O5S/c45-42(48-50)33-17-13-30(14-18-33)11-12-31-15-23-37(24-16-31)47-38-25-19-32(20-26-38)41-40(55(52,53)39-27-21-34(22-28-39)43(46)49-51)29-44(54-41,35-7-3-1-4-8-35)36-9-5-2-6-10-36/h1-28,47,50-51H,29H2,(H2,45,48)(H2,46,49)/b12-11+. The first kappa shape index (κ1) is 36.3. The van der Waals surface area contributed by atoms with Gasteiger partial charge in [-0.3, -0.25) is 0 Å². The van der Waals surface area contributed by atoms with Gasteiger partial charge in [-0.25, -0.2) is 8.42 Å². The summed E-state index contributed by atoms with van der Waals surface area (Å²) in [5.41, 5.74) is 17.2. The Balaban J connectivity index is 1.18. The Kier molecular flexibility index (Phi) is 10.2. The summed E-state index contributed by atoms with van der Waals surface area (Å²) in [7, 11) is -4.09. The van der Waals surface area contributed by atoms with Crippen LogP contribution in [0, 0.1) is 0 Å². The topological polar surface area (TPSA) is 173 Å². The van der Waals surface area contributed by atoms with Crippen LogP contribution in [0.25, 0.3) is 17.9 Å². The van der Waals surface area contributed by atoms with Crippen molar-refractivity contribution in [3.63, 3.8) is 0 Å². The van der Waals surface area contributed by atoms with Crippen LogP contribution in [-0.2, 0) is 20.2 Å². The molecule has 6 aromatic rings. The van der Waals surface area contributed by atoms with Gasteiger partial charge in [-0.2, -0.15) is 0 Å². The minimum Gasteiger partial charge on any atom is -0.476 e. The number of oxime groups is 2. The van der Waals surface area contributed by atoms with Crippen molar-refractivity contribution in [1.82, 2.24) is 0 Å². The highest BCUT2D eigenvalue weighted by molar-refractivity contribution is 7.95. The minimum absolute atomic E-state index is 0.0555. The number of benzene rings is 6. The Bertz CT molecular complexity index is 2480. The second-order valence-corrected chi connectivity index (χ2v) is 14.8. The molecule has 0 aliphatic carbocycles. The molecule has 11 heteroatoms. The number of nitrogens with two attached hydrogens (primary N) is 2. The van der Waals surface area contributed by atoms with Crippen molar-refractivity contribution < 1.29 is 23.6 Å². The third kappa shape index (κ3) is 7.55. The molecular formula is C44H37N5O5S. The Labute approximate surface area is 319 Å². The monoisotopic (exact) mass is 747 g/mol. The van der Waals surface area contributed by atoms with Gasteiger partial charge in [-0.1, -0.05) is 120 Å². The van der Waals surface area contributed by atoms with Gasteiger partial charge in [0.25, 0.3) is 0 Å². The van der Waals surface area contributed by atoms with Gasteiger partial charge in [0.15, 0.2) is 17.3 Å². The third-order valence-corrected chi connectivity index (χ3v) is 11.3. The van der Waals surface area contributed by atoms with Crippen molar-refractivity contribution in [1.29, 1.82) is 0 Å². The molecule has 0 atom stereocenters. The quantitative estimate of drug-likeness (QED) is 0.0290. The van der Waals surface area contributed by atoms with E-state index in [-0.39, 0.29) is 33.7 Å². The molecule has 10 nitrogen and oxygen atoms in total. The zero-order valence-corrected chi connectivity index (χ0v) is 30.3. The van der Waals surface area contributed by atoms with E-state index in [0.29, 0.717) is 16.7 Å². The fraction of sp³-hybridized carbons (Fsp3) is 0.0455. The van der Waals surface area contributed by atoms with Crippen LogP contribution >= 0.6 is 0 Å². The molecule has 0 aromatic heterocycles. The van der Waals surface area contributed by atoms with E-state index < -0.39 is 15.4 Å². The first-order valence-corrected chi connectivity index (χ1v) is 18.8. The van der Waals surface area contributed by atoms with E-state index in [2.05, 4.69) is 15.6 Å². The SMILES string of the molecule is N/C(=N\O)c1ccc(/C=C/c2ccc(Nc3ccc(C4=C(S(=O)(=O)c5ccc(/C(N)=N/O)cc5)CC(c5ccccc5)(c5ccccc5)O4)cc3)cc2)cc1. The van der Waals surface area contributed by atoms with E-state index in [9.17, 15) is 8.42 Å². The molecule has 55 heavy (non-hydrogen) atoms. The first-order chi connectivity index (χ1) is 26.7. The van der Waals surface area contributed by atoms with E-state index in [4.69, 9.17) is 26.6 Å². The van der Waals surface area contributed by atoms with Crippen LogP contribution in [0.4, 0.5) is 11.4 Å².